The Kier molecular flexibility index (Phi) is 4.91. The van der Waals surface area contributed by atoms with Gasteiger partial charge >= 0.3 is 0 Å². The van der Waals surface area contributed by atoms with E-state index in [4.69, 9.17) is 9.72 Å². The number of methoxy groups -OCH3 is 1. The first-order chi connectivity index (χ1) is 9.88. The van der Waals surface area contributed by atoms with Gasteiger partial charge in [0, 0.05) is 38.2 Å². The second kappa shape index (κ2) is 6.87. The minimum atomic E-state index is 0.757. The molecular weight excluding hydrogens is 270 g/mol. The van der Waals surface area contributed by atoms with E-state index in [2.05, 4.69) is 15.6 Å². The Morgan fingerprint density at radius 3 is 3.20 bits per heavy atom. The van der Waals surface area contributed by atoms with Crippen LogP contribution in [0, 0.1) is 5.92 Å². The first kappa shape index (κ1) is 14.3. The summed E-state index contributed by atoms with van der Waals surface area (Å²) < 4.78 is 5.04. The third-order valence-corrected chi connectivity index (χ3v) is 5.49. The summed E-state index contributed by atoms with van der Waals surface area (Å²) >= 11 is 1.81. The van der Waals surface area contributed by atoms with Gasteiger partial charge in [0.1, 0.15) is 0 Å². The number of nitrogens with zero attached hydrogens (tertiary/aromatic N) is 2. The average Bonchev–Trinajstić information content (AvgIpc) is 3.12. The van der Waals surface area contributed by atoms with Gasteiger partial charge in [-0.05, 0) is 31.6 Å². The number of hydrogen-bond acceptors (Lipinski definition) is 5. The Labute approximate surface area is 125 Å². The summed E-state index contributed by atoms with van der Waals surface area (Å²) in [6.45, 7) is 3.69. The number of ether oxygens (including phenoxy) is 1. The molecule has 112 valence electrons. The average molecular weight is 295 g/mol. The highest BCUT2D eigenvalue weighted by molar-refractivity contribution is 7.13. The summed E-state index contributed by atoms with van der Waals surface area (Å²) in [5.41, 5.74) is 1.17. The SMILES string of the molecule is COCCNCc1csc(N2CCCC3CCCC32)n1. The van der Waals surface area contributed by atoms with Crippen molar-refractivity contribution in [1.82, 2.24) is 10.3 Å². The van der Waals surface area contributed by atoms with Crippen molar-refractivity contribution in [3.05, 3.63) is 11.1 Å². The molecule has 0 spiro atoms. The first-order valence-corrected chi connectivity index (χ1v) is 8.67. The largest absolute Gasteiger partial charge is 0.383 e. The number of hydrogen-bond donors (Lipinski definition) is 1. The highest BCUT2D eigenvalue weighted by Crippen LogP contribution is 2.39. The summed E-state index contributed by atoms with van der Waals surface area (Å²) in [5.74, 6) is 0.927. The van der Waals surface area contributed by atoms with Crippen LogP contribution in [0.2, 0.25) is 0 Å². The molecule has 1 aromatic rings. The lowest BCUT2D eigenvalue weighted by molar-refractivity contribution is 0.199. The molecule has 2 atom stereocenters. The second-order valence-corrected chi connectivity index (χ2v) is 6.72. The van der Waals surface area contributed by atoms with Gasteiger partial charge in [-0.1, -0.05) is 6.42 Å². The van der Waals surface area contributed by atoms with E-state index >= 15 is 0 Å². The number of fused-ring (bicyclic) bond motifs is 1. The molecule has 0 bridgehead atoms. The van der Waals surface area contributed by atoms with Gasteiger partial charge in [0.15, 0.2) is 5.13 Å². The zero-order valence-electron chi connectivity index (χ0n) is 12.3. The van der Waals surface area contributed by atoms with Gasteiger partial charge in [-0.2, -0.15) is 0 Å². The fraction of sp³-hybridized carbons (Fsp3) is 0.800. The van der Waals surface area contributed by atoms with Crippen molar-refractivity contribution in [3.63, 3.8) is 0 Å². The number of piperidine rings is 1. The zero-order valence-corrected chi connectivity index (χ0v) is 13.1. The summed E-state index contributed by atoms with van der Waals surface area (Å²) in [7, 11) is 1.73. The predicted octanol–water partition coefficient (Wildman–Crippen LogP) is 2.65. The molecule has 2 heterocycles. The van der Waals surface area contributed by atoms with Crippen molar-refractivity contribution < 1.29 is 4.74 Å². The van der Waals surface area contributed by atoms with Crippen LogP contribution in [0.15, 0.2) is 5.38 Å². The van der Waals surface area contributed by atoms with E-state index in [1.54, 1.807) is 7.11 Å². The maximum absolute atomic E-state index is 5.04. The standard InChI is InChI=1S/C15H25N3OS/c1-19-9-7-16-10-13-11-20-15(17-13)18-8-3-5-12-4-2-6-14(12)18/h11-12,14,16H,2-10H2,1H3. The Bertz CT molecular complexity index is 423. The lowest BCUT2D eigenvalue weighted by Gasteiger charge is -2.37. The molecule has 5 heteroatoms. The predicted molar refractivity (Wildman–Crippen MR) is 83.4 cm³/mol. The van der Waals surface area contributed by atoms with Crippen LogP contribution < -0.4 is 10.2 Å². The minimum absolute atomic E-state index is 0.757. The Balaban J connectivity index is 1.58. The van der Waals surface area contributed by atoms with E-state index in [9.17, 15) is 0 Å². The van der Waals surface area contributed by atoms with Gasteiger partial charge in [0.05, 0.1) is 12.3 Å². The van der Waals surface area contributed by atoms with Gasteiger partial charge in [-0.3, -0.25) is 0 Å². The maximum Gasteiger partial charge on any atom is 0.185 e. The number of anilines is 1. The summed E-state index contributed by atoms with van der Waals surface area (Å²) in [5, 5.41) is 6.81. The lowest BCUT2D eigenvalue weighted by Crippen LogP contribution is -2.42. The molecule has 0 radical (unpaired) electrons. The molecule has 4 nitrogen and oxygen atoms in total. The van der Waals surface area contributed by atoms with Crippen molar-refractivity contribution >= 4 is 16.5 Å². The molecule has 1 saturated heterocycles. The number of aromatic nitrogens is 1. The molecule has 1 aliphatic carbocycles. The quantitative estimate of drug-likeness (QED) is 0.819. The number of nitrogens with one attached hydrogen (secondary N) is 1. The smallest absolute Gasteiger partial charge is 0.185 e. The number of thiazole rings is 1. The topological polar surface area (TPSA) is 37.4 Å². The molecule has 2 aliphatic rings. The third kappa shape index (κ3) is 3.15. The van der Waals surface area contributed by atoms with E-state index in [1.165, 1.54) is 49.5 Å². The highest BCUT2D eigenvalue weighted by atomic mass is 32.1. The molecule has 1 aliphatic heterocycles. The monoisotopic (exact) mass is 295 g/mol. The zero-order chi connectivity index (χ0) is 13.8. The van der Waals surface area contributed by atoms with Gasteiger partial charge in [-0.25, -0.2) is 4.98 Å². The van der Waals surface area contributed by atoms with E-state index in [-0.39, 0.29) is 0 Å². The molecule has 2 unspecified atom stereocenters. The molecule has 2 fully saturated rings. The van der Waals surface area contributed by atoms with Crippen LogP contribution >= 0.6 is 11.3 Å². The van der Waals surface area contributed by atoms with E-state index in [0.29, 0.717) is 0 Å². The van der Waals surface area contributed by atoms with Gasteiger partial charge in [-0.15, -0.1) is 11.3 Å². The fourth-order valence-corrected chi connectivity index (χ4v) is 4.50. The molecule has 1 aromatic heterocycles. The fourth-order valence-electron chi connectivity index (χ4n) is 3.59. The second-order valence-electron chi connectivity index (χ2n) is 5.88. The van der Waals surface area contributed by atoms with Crippen molar-refractivity contribution in [3.8, 4) is 0 Å². The van der Waals surface area contributed by atoms with Gasteiger partial charge in [0.25, 0.3) is 0 Å². The van der Waals surface area contributed by atoms with Crippen LogP contribution in [-0.2, 0) is 11.3 Å². The molecule has 0 amide bonds. The minimum Gasteiger partial charge on any atom is -0.383 e. The van der Waals surface area contributed by atoms with Crippen LogP contribution in [0.5, 0.6) is 0 Å². The van der Waals surface area contributed by atoms with Gasteiger partial charge in [0.2, 0.25) is 0 Å². The van der Waals surface area contributed by atoms with Crippen LogP contribution in [0.25, 0.3) is 0 Å². The van der Waals surface area contributed by atoms with Crippen molar-refractivity contribution in [1.29, 1.82) is 0 Å². The maximum atomic E-state index is 5.04. The third-order valence-electron chi connectivity index (χ3n) is 4.57. The lowest BCUT2D eigenvalue weighted by atomic mass is 9.92. The molecule has 0 aromatic carbocycles. The van der Waals surface area contributed by atoms with E-state index in [0.717, 1.165) is 31.7 Å². The molecular formula is C15H25N3OS. The number of rotatable bonds is 6. The van der Waals surface area contributed by atoms with E-state index < -0.39 is 0 Å². The van der Waals surface area contributed by atoms with E-state index in [1.807, 2.05) is 11.3 Å². The first-order valence-electron chi connectivity index (χ1n) is 7.79. The molecule has 1 saturated carbocycles. The molecule has 1 N–H and O–H groups in total. The summed E-state index contributed by atoms with van der Waals surface area (Å²) in [6.07, 6.45) is 6.96. The van der Waals surface area contributed by atoms with Crippen LogP contribution in [0.1, 0.15) is 37.8 Å². The normalized spacial score (nSPS) is 25.9. The van der Waals surface area contributed by atoms with Gasteiger partial charge < -0.3 is 15.0 Å². The van der Waals surface area contributed by atoms with Crippen molar-refractivity contribution in [2.24, 2.45) is 5.92 Å². The van der Waals surface area contributed by atoms with Crippen LogP contribution in [0.3, 0.4) is 0 Å². The Morgan fingerprint density at radius 2 is 2.30 bits per heavy atom. The summed E-state index contributed by atoms with van der Waals surface area (Å²) in [4.78, 5) is 7.42. The Morgan fingerprint density at radius 1 is 1.40 bits per heavy atom. The molecule has 20 heavy (non-hydrogen) atoms. The summed E-state index contributed by atoms with van der Waals surface area (Å²) in [6, 6.07) is 0.768. The van der Waals surface area contributed by atoms with Crippen molar-refractivity contribution in [2.75, 3.05) is 31.7 Å². The van der Waals surface area contributed by atoms with Crippen LogP contribution in [0.4, 0.5) is 5.13 Å². The van der Waals surface area contributed by atoms with Crippen molar-refractivity contribution in [2.45, 2.75) is 44.7 Å². The molecule has 3 rings (SSSR count). The highest BCUT2D eigenvalue weighted by Gasteiger charge is 2.36. The Hall–Kier alpha value is -0.650. The van der Waals surface area contributed by atoms with Crippen LogP contribution in [-0.4, -0.2) is 37.8 Å².